The second kappa shape index (κ2) is 2.57. The molecule has 0 radical (unpaired) electrons. The van der Waals surface area contributed by atoms with Crippen molar-refractivity contribution in [3.63, 3.8) is 0 Å². The Hall–Kier alpha value is 0.350. The Bertz CT molecular complexity index is 510. The molecule has 1 spiro atoms. The number of rotatable bonds is 0. The molecule has 11 unspecified atom stereocenters. The monoisotopic (exact) mass is 272 g/mol. The van der Waals surface area contributed by atoms with E-state index in [1.807, 2.05) is 0 Å². The van der Waals surface area contributed by atoms with E-state index in [1.165, 1.54) is 48.9 Å². The maximum atomic E-state index is 5.29. The molecule has 8 aliphatic carbocycles. The van der Waals surface area contributed by atoms with Gasteiger partial charge >= 0.3 is 0 Å². The molecule has 102 valence electrons. The zero-order valence-corrected chi connectivity index (χ0v) is 12.5. The zero-order chi connectivity index (χ0) is 12.1. The third-order valence-corrected chi connectivity index (χ3v) is 10.1. The van der Waals surface area contributed by atoms with Crippen molar-refractivity contribution in [2.24, 2.45) is 58.7 Å². The highest BCUT2D eigenvalue weighted by atomic mass is 32.1. The molecule has 0 aromatic rings. The molecule has 19 heavy (non-hydrogen) atoms. The van der Waals surface area contributed by atoms with Gasteiger partial charge in [0.1, 0.15) is 0 Å². The summed E-state index contributed by atoms with van der Waals surface area (Å²) in [5.74, 6) is 10.5. The van der Waals surface area contributed by atoms with Crippen LogP contribution < -0.4 is 0 Å². The Labute approximate surface area is 121 Å². The van der Waals surface area contributed by atoms with Crippen LogP contribution in [0, 0.1) is 58.7 Å². The zero-order valence-electron chi connectivity index (χ0n) is 11.6. The Balaban J connectivity index is 1.59. The average Bonchev–Trinajstić information content (AvgIpc) is 2.53. The van der Waals surface area contributed by atoms with Gasteiger partial charge in [-0.3, -0.25) is 0 Å². The van der Waals surface area contributed by atoms with Crippen LogP contribution in [0.4, 0.5) is 0 Å². The Morgan fingerprint density at radius 3 is 2.53 bits per heavy atom. The quantitative estimate of drug-likeness (QED) is 0.633. The molecule has 0 aromatic heterocycles. The van der Waals surface area contributed by atoms with Crippen molar-refractivity contribution in [3.8, 4) is 0 Å². The Morgan fingerprint density at radius 1 is 0.789 bits per heavy atom. The SMILES string of the molecule is SC12CC3CC4C(C1)C1C5CC6CC(C45)C3C1(C6)C2. The van der Waals surface area contributed by atoms with E-state index in [0.29, 0.717) is 4.75 Å². The second-order valence-corrected chi connectivity index (χ2v) is 10.8. The first-order valence-corrected chi connectivity index (χ1v) is 9.36. The topological polar surface area (TPSA) is 0 Å². The van der Waals surface area contributed by atoms with Crippen LogP contribution in [0.5, 0.6) is 0 Å². The van der Waals surface area contributed by atoms with E-state index < -0.39 is 0 Å². The van der Waals surface area contributed by atoms with Gasteiger partial charge in [-0.25, -0.2) is 0 Å². The number of thiol groups is 1. The van der Waals surface area contributed by atoms with Gasteiger partial charge in [0.2, 0.25) is 0 Å². The van der Waals surface area contributed by atoms with Crippen LogP contribution >= 0.6 is 12.6 Å². The average molecular weight is 272 g/mol. The molecule has 8 aliphatic rings. The summed E-state index contributed by atoms with van der Waals surface area (Å²) in [6.07, 6.45) is 11.1. The van der Waals surface area contributed by atoms with Gasteiger partial charge in [-0.1, -0.05) is 0 Å². The molecule has 0 saturated heterocycles. The summed E-state index contributed by atoms with van der Waals surface area (Å²) in [5, 5.41) is 0. The first kappa shape index (κ1) is 10.1. The summed E-state index contributed by atoms with van der Waals surface area (Å²) in [4.78, 5) is 0. The van der Waals surface area contributed by atoms with E-state index in [4.69, 9.17) is 12.6 Å². The van der Waals surface area contributed by atoms with Gasteiger partial charge < -0.3 is 0 Å². The summed E-state index contributed by atoms with van der Waals surface area (Å²) in [6, 6.07) is 0. The fourth-order valence-electron chi connectivity index (χ4n) is 10.5. The summed E-state index contributed by atoms with van der Waals surface area (Å²) in [5.41, 5.74) is 0.825. The van der Waals surface area contributed by atoms with Crippen LogP contribution in [0.2, 0.25) is 0 Å². The number of fused-ring (bicyclic) bond motifs is 2. The second-order valence-electron chi connectivity index (χ2n) is 9.86. The molecule has 0 aliphatic heterocycles. The normalized spacial score (nSPS) is 80.4. The standard InChI is InChI=1S/C18H24S/c19-17-5-9-3-10-13(6-17)16-12-2-8-1-11(14(10)12)15(9)18(16,4-8)7-17/h8-16,19H,1-7H2. The van der Waals surface area contributed by atoms with Crippen LogP contribution in [0.3, 0.4) is 0 Å². The van der Waals surface area contributed by atoms with Gasteiger partial charge in [0.05, 0.1) is 0 Å². The Kier molecular flexibility index (Phi) is 1.37. The maximum absolute atomic E-state index is 5.29. The predicted octanol–water partition coefficient (Wildman–Crippen LogP) is 4.01. The maximum Gasteiger partial charge on any atom is 0.0141 e. The Morgan fingerprint density at radius 2 is 1.63 bits per heavy atom. The lowest BCUT2D eigenvalue weighted by Crippen LogP contribution is -2.68. The van der Waals surface area contributed by atoms with Crippen molar-refractivity contribution < 1.29 is 0 Å². The summed E-state index contributed by atoms with van der Waals surface area (Å²) in [6.45, 7) is 0. The van der Waals surface area contributed by atoms with Crippen LogP contribution in [0.1, 0.15) is 44.9 Å². The number of hydrogen-bond acceptors (Lipinski definition) is 1. The van der Waals surface area contributed by atoms with Crippen molar-refractivity contribution in [2.75, 3.05) is 0 Å². The fourth-order valence-corrected chi connectivity index (χ4v) is 11.2. The molecule has 8 rings (SSSR count). The van der Waals surface area contributed by atoms with Crippen LogP contribution in [-0.4, -0.2) is 4.75 Å². The van der Waals surface area contributed by atoms with E-state index in [0.717, 1.165) is 29.1 Å². The molecule has 1 heteroatoms. The highest BCUT2D eigenvalue weighted by molar-refractivity contribution is 7.81. The van der Waals surface area contributed by atoms with Crippen LogP contribution in [0.15, 0.2) is 0 Å². The lowest BCUT2D eigenvalue weighted by atomic mass is 9.32. The van der Waals surface area contributed by atoms with E-state index in [-0.39, 0.29) is 0 Å². The fraction of sp³-hybridized carbons (Fsp3) is 1.00. The van der Waals surface area contributed by atoms with Crippen molar-refractivity contribution in [1.82, 2.24) is 0 Å². The van der Waals surface area contributed by atoms with Crippen LogP contribution in [-0.2, 0) is 0 Å². The van der Waals surface area contributed by atoms with Crippen molar-refractivity contribution in [3.05, 3.63) is 0 Å². The molecular formula is C18H24S. The summed E-state index contributed by atoms with van der Waals surface area (Å²) >= 11 is 5.29. The number of hydrogen-bond donors (Lipinski definition) is 1. The third-order valence-electron chi connectivity index (χ3n) is 9.62. The van der Waals surface area contributed by atoms with Crippen molar-refractivity contribution >= 4 is 12.6 Å². The van der Waals surface area contributed by atoms with Gasteiger partial charge in [-0.15, -0.1) is 0 Å². The molecule has 0 amide bonds. The van der Waals surface area contributed by atoms with Gasteiger partial charge in [-0.05, 0) is 104 Å². The summed E-state index contributed by atoms with van der Waals surface area (Å²) in [7, 11) is 0. The predicted molar refractivity (Wildman–Crippen MR) is 77.9 cm³/mol. The van der Waals surface area contributed by atoms with E-state index in [1.54, 1.807) is 25.7 Å². The van der Waals surface area contributed by atoms with Crippen molar-refractivity contribution in [2.45, 2.75) is 49.7 Å². The molecule has 0 heterocycles. The van der Waals surface area contributed by atoms with E-state index in [2.05, 4.69) is 0 Å². The molecule has 0 aromatic carbocycles. The van der Waals surface area contributed by atoms with Gasteiger partial charge in [0.25, 0.3) is 0 Å². The molecule has 0 nitrogen and oxygen atoms in total. The largest absolute Gasteiger partial charge is 0.172 e. The first-order chi connectivity index (χ1) is 9.19. The molecule has 0 N–H and O–H groups in total. The highest BCUT2D eigenvalue weighted by Crippen LogP contribution is 2.85. The van der Waals surface area contributed by atoms with Crippen molar-refractivity contribution in [1.29, 1.82) is 0 Å². The molecule has 8 bridgehead atoms. The van der Waals surface area contributed by atoms with Gasteiger partial charge in [0.15, 0.2) is 0 Å². The van der Waals surface area contributed by atoms with E-state index in [9.17, 15) is 0 Å². The third kappa shape index (κ3) is 0.820. The van der Waals surface area contributed by atoms with Crippen LogP contribution in [0.25, 0.3) is 0 Å². The minimum absolute atomic E-state index is 0.477. The lowest BCUT2D eigenvalue weighted by Gasteiger charge is -2.73. The molecule has 8 saturated carbocycles. The van der Waals surface area contributed by atoms with Gasteiger partial charge in [0, 0.05) is 4.75 Å². The molecule has 11 atom stereocenters. The molecule has 8 fully saturated rings. The minimum atomic E-state index is 0.477. The summed E-state index contributed by atoms with van der Waals surface area (Å²) < 4.78 is 0.477. The minimum Gasteiger partial charge on any atom is -0.172 e. The van der Waals surface area contributed by atoms with Gasteiger partial charge in [-0.2, -0.15) is 12.6 Å². The lowest BCUT2D eigenvalue weighted by molar-refractivity contribution is -0.232. The van der Waals surface area contributed by atoms with E-state index >= 15 is 0 Å². The first-order valence-electron chi connectivity index (χ1n) is 8.91. The molecular weight excluding hydrogens is 248 g/mol. The highest BCUT2D eigenvalue weighted by Gasteiger charge is 2.80. The smallest absolute Gasteiger partial charge is 0.0141 e.